The van der Waals surface area contributed by atoms with Crippen LogP contribution in [0.3, 0.4) is 0 Å². The molecule has 0 aromatic carbocycles. The highest BCUT2D eigenvalue weighted by Crippen LogP contribution is 2.41. The molecule has 3 aliphatic rings. The van der Waals surface area contributed by atoms with E-state index in [4.69, 9.17) is 0 Å². The molecule has 1 aromatic rings. The zero-order chi connectivity index (χ0) is 17.8. The number of fused-ring (bicyclic) bond motifs is 2. The lowest BCUT2D eigenvalue weighted by atomic mass is 9.78. The summed E-state index contributed by atoms with van der Waals surface area (Å²) in [6.07, 6.45) is -0.233. The molecule has 2 saturated carbocycles. The molecule has 3 fully saturated rings. The van der Waals surface area contributed by atoms with Crippen molar-refractivity contribution in [1.29, 1.82) is 0 Å². The van der Waals surface area contributed by atoms with Crippen molar-refractivity contribution in [3.8, 4) is 0 Å². The number of carbonyl (C=O) groups excluding carboxylic acids is 2. The number of piperidine rings is 1. The maximum atomic E-state index is 13.2. The number of ketones is 1. The average molecular weight is 352 g/mol. The molecule has 1 aliphatic heterocycles. The summed E-state index contributed by atoms with van der Waals surface area (Å²) in [4.78, 5) is 30.3. The Hall–Kier alpha value is -1.92. The van der Waals surface area contributed by atoms with E-state index < -0.39 is 23.8 Å². The fraction of sp³-hybridized carbons (Fsp3) is 0.611. The fourth-order valence-electron chi connectivity index (χ4n) is 3.94. The first-order chi connectivity index (χ1) is 11.8. The van der Waals surface area contributed by atoms with E-state index in [2.05, 4.69) is 4.98 Å². The Morgan fingerprint density at radius 1 is 1.16 bits per heavy atom. The second kappa shape index (κ2) is 5.81. The second-order valence-corrected chi connectivity index (χ2v) is 7.35. The van der Waals surface area contributed by atoms with Crippen molar-refractivity contribution < 1.29 is 22.8 Å². The van der Waals surface area contributed by atoms with Gasteiger partial charge in [-0.1, -0.05) is 0 Å². The van der Waals surface area contributed by atoms with Crippen LogP contribution in [0, 0.1) is 5.92 Å². The largest absolute Gasteiger partial charge is 0.433 e. The van der Waals surface area contributed by atoms with Crippen molar-refractivity contribution in [2.75, 3.05) is 6.54 Å². The summed E-state index contributed by atoms with van der Waals surface area (Å²) in [7, 11) is 0. The minimum atomic E-state index is -4.59. The molecule has 1 saturated heterocycles. The molecule has 2 atom stereocenters. The lowest BCUT2D eigenvalue weighted by Crippen LogP contribution is -2.52. The summed E-state index contributed by atoms with van der Waals surface area (Å²) < 4.78 is 39.5. The average Bonchev–Trinajstić information content (AvgIpc) is 3.42. The third kappa shape index (κ3) is 3.16. The molecular formula is C18H19F3N2O2. The van der Waals surface area contributed by atoms with E-state index in [1.54, 1.807) is 0 Å². The summed E-state index contributed by atoms with van der Waals surface area (Å²) in [5, 5.41) is 0. The number of Topliss-reactive ketones (excluding diaryl/α,β-unsaturated/α-hetero) is 1. The van der Waals surface area contributed by atoms with E-state index in [0.29, 0.717) is 31.0 Å². The highest BCUT2D eigenvalue weighted by molar-refractivity contribution is 5.98. The van der Waals surface area contributed by atoms with Crippen LogP contribution >= 0.6 is 0 Å². The normalized spacial score (nSPS) is 26.7. The Morgan fingerprint density at radius 2 is 1.92 bits per heavy atom. The second-order valence-electron chi connectivity index (χ2n) is 7.35. The number of likely N-dealkylation sites (tertiary alicyclic amines) is 1. The molecule has 2 unspecified atom stereocenters. The van der Waals surface area contributed by atoms with Gasteiger partial charge in [0, 0.05) is 30.1 Å². The van der Waals surface area contributed by atoms with Crippen molar-refractivity contribution in [2.24, 2.45) is 5.92 Å². The van der Waals surface area contributed by atoms with Crippen LogP contribution in [0.15, 0.2) is 12.1 Å². The smallest absolute Gasteiger partial charge is 0.329 e. The number of pyridine rings is 1. The minimum Gasteiger partial charge on any atom is -0.329 e. The summed E-state index contributed by atoms with van der Waals surface area (Å²) in [5.74, 6) is -0.00170. The van der Waals surface area contributed by atoms with Crippen molar-refractivity contribution in [1.82, 2.24) is 9.88 Å². The van der Waals surface area contributed by atoms with E-state index in [1.165, 1.54) is 11.0 Å². The van der Waals surface area contributed by atoms with Crippen LogP contribution in [0.1, 0.15) is 66.2 Å². The van der Waals surface area contributed by atoms with Gasteiger partial charge in [0.1, 0.15) is 5.69 Å². The number of rotatable bonds is 2. The zero-order valence-corrected chi connectivity index (χ0v) is 13.7. The van der Waals surface area contributed by atoms with Gasteiger partial charge in [0.15, 0.2) is 5.78 Å². The van der Waals surface area contributed by atoms with Crippen molar-refractivity contribution in [3.05, 3.63) is 29.1 Å². The van der Waals surface area contributed by atoms with Crippen LogP contribution in [0.5, 0.6) is 0 Å². The van der Waals surface area contributed by atoms with Crippen LogP contribution < -0.4 is 0 Å². The number of halogens is 3. The van der Waals surface area contributed by atoms with Crippen LogP contribution in [0.2, 0.25) is 0 Å². The third-order valence-corrected chi connectivity index (χ3v) is 5.52. The molecule has 1 amide bonds. The van der Waals surface area contributed by atoms with Gasteiger partial charge in [-0.3, -0.25) is 9.59 Å². The summed E-state index contributed by atoms with van der Waals surface area (Å²) in [5.41, 5.74) is -0.686. The number of hydrogen-bond donors (Lipinski definition) is 0. The molecule has 2 aliphatic carbocycles. The first-order valence-corrected chi connectivity index (χ1v) is 8.76. The summed E-state index contributed by atoms with van der Waals surface area (Å²) in [6, 6.07) is 1.83. The summed E-state index contributed by atoms with van der Waals surface area (Å²) >= 11 is 0. The van der Waals surface area contributed by atoms with Gasteiger partial charge in [0.05, 0.1) is 6.04 Å². The van der Waals surface area contributed by atoms with Gasteiger partial charge in [0.2, 0.25) is 0 Å². The van der Waals surface area contributed by atoms with Gasteiger partial charge in [-0.15, -0.1) is 0 Å². The standard InChI is InChI=1S/C18H19F3N2O2/c19-18(20,21)16-9-12(8-13(22-16)11-2-3-11)17(25)23-6-5-10-1-4-15(24)14(23)7-10/h8-11,14H,1-7H2. The van der Waals surface area contributed by atoms with Gasteiger partial charge in [-0.25, -0.2) is 4.98 Å². The molecular weight excluding hydrogens is 333 g/mol. The monoisotopic (exact) mass is 352 g/mol. The van der Waals surface area contributed by atoms with E-state index >= 15 is 0 Å². The Bertz CT molecular complexity index is 728. The molecule has 25 heavy (non-hydrogen) atoms. The molecule has 7 heteroatoms. The van der Waals surface area contributed by atoms with E-state index in [-0.39, 0.29) is 17.3 Å². The molecule has 2 heterocycles. The Labute approximate surface area is 143 Å². The van der Waals surface area contributed by atoms with E-state index in [0.717, 1.165) is 31.7 Å². The maximum absolute atomic E-state index is 13.2. The van der Waals surface area contributed by atoms with Crippen LogP contribution in [0.25, 0.3) is 0 Å². The number of nitrogens with zero attached hydrogens (tertiary/aromatic N) is 2. The van der Waals surface area contributed by atoms with Crippen molar-refractivity contribution >= 4 is 11.7 Å². The van der Waals surface area contributed by atoms with Gasteiger partial charge < -0.3 is 4.90 Å². The number of alkyl halides is 3. The Balaban J connectivity index is 1.67. The molecule has 2 bridgehead atoms. The highest BCUT2D eigenvalue weighted by Gasteiger charge is 2.41. The molecule has 134 valence electrons. The molecule has 0 radical (unpaired) electrons. The van der Waals surface area contributed by atoms with Crippen LogP contribution in [0.4, 0.5) is 13.2 Å². The number of aromatic nitrogens is 1. The third-order valence-electron chi connectivity index (χ3n) is 5.52. The maximum Gasteiger partial charge on any atom is 0.433 e. The highest BCUT2D eigenvalue weighted by atomic mass is 19.4. The first-order valence-electron chi connectivity index (χ1n) is 8.76. The zero-order valence-electron chi connectivity index (χ0n) is 13.7. The quantitative estimate of drug-likeness (QED) is 0.818. The lowest BCUT2D eigenvalue weighted by Gasteiger charge is -2.42. The number of hydrogen-bond acceptors (Lipinski definition) is 3. The molecule has 4 rings (SSSR count). The van der Waals surface area contributed by atoms with Gasteiger partial charge in [-0.2, -0.15) is 13.2 Å². The predicted octanol–water partition coefficient (Wildman–Crippen LogP) is 3.56. The molecule has 0 N–H and O–H groups in total. The van der Waals surface area contributed by atoms with Gasteiger partial charge in [0.25, 0.3) is 5.91 Å². The minimum absolute atomic E-state index is 0.000971. The van der Waals surface area contributed by atoms with Gasteiger partial charge in [-0.05, 0) is 50.2 Å². The Kier molecular flexibility index (Phi) is 3.85. The van der Waals surface area contributed by atoms with E-state index in [1.807, 2.05) is 0 Å². The topological polar surface area (TPSA) is 50.3 Å². The van der Waals surface area contributed by atoms with Crippen LogP contribution in [-0.4, -0.2) is 34.2 Å². The van der Waals surface area contributed by atoms with Crippen molar-refractivity contribution in [2.45, 2.75) is 56.7 Å². The first kappa shape index (κ1) is 16.5. The summed E-state index contributed by atoms with van der Waals surface area (Å²) in [6.45, 7) is 0.433. The van der Waals surface area contributed by atoms with E-state index in [9.17, 15) is 22.8 Å². The Morgan fingerprint density at radius 3 is 2.60 bits per heavy atom. The fourth-order valence-corrected chi connectivity index (χ4v) is 3.94. The van der Waals surface area contributed by atoms with Crippen molar-refractivity contribution in [3.63, 3.8) is 0 Å². The lowest BCUT2D eigenvalue weighted by molar-refractivity contribution is -0.141. The number of carbonyl (C=O) groups is 2. The van der Waals surface area contributed by atoms with Crippen LogP contribution in [-0.2, 0) is 11.0 Å². The van der Waals surface area contributed by atoms with Gasteiger partial charge >= 0.3 is 6.18 Å². The predicted molar refractivity (Wildman–Crippen MR) is 83.0 cm³/mol. The molecule has 4 nitrogen and oxygen atoms in total. The number of amides is 1. The molecule has 1 aromatic heterocycles. The molecule has 0 spiro atoms. The SMILES string of the molecule is O=C1CCC2CCN(C(=O)c3cc(C4CC4)nc(C(F)(F)F)c3)C1C2.